The number of allylic oxidation sites excluding steroid dienone is 2. The number of ether oxygens (including phenoxy) is 2. The molecule has 4 fully saturated rings. The zero-order valence-electron chi connectivity index (χ0n) is 25.2. The molecule has 0 saturated heterocycles. The Morgan fingerprint density at radius 3 is 1.82 bits per heavy atom. The van der Waals surface area contributed by atoms with Gasteiger partial charge in [0.2, 0.25) is 11.6 Å². The molecule has 4 saturated carbocycles. The smallest absolute Gasteiger partial charge is 0.204 e. The van der Waals surface area contributed by atoms with E-state index >= 15 is 0 Å². The summed E-state index contributed by atoms with van der Waals surface area (Å²) in [5.74, 6) is 4.90. The number of halogens is 2. The highest BCUT2D eigenvalue weighted by Crippen LogP contribution is 2.47. The Kier molecular flexibility index (Phi) is 10.9. The van der Waals surface area contributed by atoms with E-state index in [0.717, 1.165) is 54.3 Å². The van der Waals surface area contributed by atoms with Crippen LogP contribution < -0.4 is 9.47 Å². The van der Waals surface area contributed by atoms with Gasteiger partial charge in [-0.2, -0.15) is 8.78 Å². The van der Waals surface area contributed by atoms with Crippen molar-refractivity contribution in [1.29, 1.82) is 0 Å². The van der Waals surface area contributed by atoms with E-state index < -0.39 is 11.6 Å². The summed E-state index contributed by atoms with van der Waals surface area (Å²) in [4.78, 5) is 0. The lowest BCUT2D eigenvalue weighted by Crippen LogP contribution is -2.30. The van der Waals surface area contributed by atoms with E-state index in [-0.39, 0.29) is 11.5 Å². The molecule has 4 unspecified atom stereocenters. The number of fused-ring (bicyclic) bond motifs is 1. The minimum Gasteiger partial charge on any atom is -0.491 e. The SMILES string of the molecule is CCCC1CCC2CC(C=CC3CCC(C4CCC(COc5ccc(OCC)c(F)c5F)CC4)CC3)CCC2C1. The topological polar surface area (TPSA) is 18.5 Å². The van der Waals surface area contributed by atoms with Gasteiger partial charge in [-0.1, -0.05) is 38.3 Å². The molecule has 1 aromatic carbocycles. The molecule has 224 valence electrons. The molecule has 0 aromatic heterocycles. The fraction of sp³-hybridized carbons (Fsp3) is 0.778. The maximum Gasteiger partial charge on any atom is 0.204 e. The quantitative estimate of drug-likeness (QED) is 0.267. The molecule has 5 rings (SSSR count). The molecule has 0 heterocycles. The predicted molar refractivity (Wildman–Crippen MR) is 160 cm³/mol. The summed E-state index contributed by atoms with van der Waals surface area (Å²) in [7, 11) is 0. The van der Waals surface area contributed by atoms with Gasteiger partial charge in [0.15, 0.2) is 11.5 Å². The van der Waals surface area contributed by atoms with Crippen molar-refractivity contribution in [1.82, 2.24) is 0 Å². The van der Waals surface area contributed by atoms with Gasteiger partial charge < -0.3 is 9.47 Å². The lowest BCUT2D eigenvalue weighted by Gasteiger charge is -2.42. The van der Waals surface area contributed by atoms with Crippen molar-refractivity contribution >= 4 is 0 Å². The van der Waals surface area contributed by atoms with E-state index in [1.807, 2.05) is 0 Å². The lowest BCUT2D eigenvalue weighted by molar-refractivity contribution is 0.107. The molecule has 0 spiro atoms. The van der Waals surface area contributed by atoms with Gasteiger partial charge in [-0.25, -0.2) is 0 Å². The van der Waals surface area contributed by atoms with Crippen LogP contribution in [0.15, 0.2) is 24.3 Å². The predicted octanol–water partition coefficient (Wildman–Crippen LogP) is 10.5. The van der Waals surface area contributed by atoms with Crippen molar-refractivity contribution in [3.05, 3.63) is 35.9 Å². The third-order valence-electron chi connectivity index (χ3n) is 11.3. The molecule has 0 radical (unpaired) electrons. The van der Waals surface area contributed by atoms with Gasteiger partial charge in [0.1, 0.15) is 0 Å². The Balaban J connectivity index is 0.988. The Bertz CT molecular complexity index is 944. The Labute approximate surface area is 242 Å². The lowest BCUT2D eigenvalue weighted by atomic mass is 9.64. The molecule has 0 amide bonds. The number of rotatable bonds is 10. The third-order valence-corrected chi connectivity index (χ3v) is 11.3. The molecule has 4 atom stereocenters. The first-order chi connectivity index (χ1) is 19.5. The highest BCUT2D eigenvalue weighted by Gasteiger charge is 2.35. The van der Waals surface area contributed by atoms with E-state index in [1.165, 1.54) is 102 Å². The van der Waals surface area contributed by atoms with Crippen molar-refractivity contribution in [3.8, 4) is 11.5 Å². The minimum absolute atomic E-state index is 0.00171. The van der Waals surface area contributed by atoms with Crippen molar-refractivity contribution in [3.63, 3.8) is 0 Å². The average molecular weight is 557 g/mol. The van der Waals surface area contributed by atoms with Gasteiger partial charge in [0.25, 0.3) is 0 Å². The van der Waals surface area contributed by atoms with Crippen molar-refractivity contribution in [2.45, 2.75) is 117 Å². The fourth-order valence-corrected chi connectivity index (χ4v) is 8.92. The third kappa shape index (κ3) is 7.62. The van der Waals surface area contributed by atoms with E-state index in [0.29, 0.717) is 19.1 Å². The van der Waals surface area contributed by atoms with Crippen LogP contribution in [0.3, 0.4) is 0 Å². The maximum atomic E-state index is 14.4. The summed E-state index contributed by atoms with van der Waals surface area (Å²) in [6, 6.07) is 2.95. The molecule has 4 aliphatic rings. The van der Waals surface area contributed by atoms with E-state index in [2.05, 4.69) is 19.1 Å². The summed E-state index contributed by atoms with van der Waals surface area (Å²) in [6.45, 7) is 4.88. The number of hydrogen-bond donors (Lipinski definition) is 0. The van der Waals surface area contributed by atoms with Crippen LogP contribution >= 0.6 is 0 Å². The molecule has 0 aliphatic heterocycles. The van der Waals surface area contributed by atoms with Crippen LogP contribution in [0, 0.1) is 59.0 Å². The minimum atomic E-state index is -0.953. The normalized spacial score (nSPS) is 34.9. The van der Waals surface area contributed by atoms with Gasteiger partial charge in [-0.15, -0.1) is 0 Å². The molecule has 40 heavy (non-hydrogen) atoms. The largest absolute Gasteiger partial charge is 0.491 e. The molecule has 4 aliphatic carbocycles. The van der Waals surface area contributed by atoms with Crippen molar-refractivity contribution in [2.24, 2.45) is 47.3 Å². The van der Waals surface area contributed by atoms with Crippen LogP contribution in [-0.4, -0.2) is 13.2 Å². The number of hydrogen-bond acceptors (Lipinski definition) is 2. The first-order valence-electron chi connectivity index (χ1n) is 17.0. The average Bonchev–Trinajstić information content (AvgIpc) is 2.99. The Morgan fingerprint density at radius 2 is 1.15 bits per heavy atom. The summed E-state index contributed by atoms with van der Waals surface area (Å²) < 4.78 is 39.4. The van der Waals surface area contributed by atoms with Gasteiger partial charge in [-0.05, 0) is 150 Å². The first-order valence-corrected chi connectivity index (χ1v) is 17.0. The second-order valence-corrected chi connectivity index (χ2v) is 13.8. The Hall–Kier alpha value is -1.58. The second kappa shape index (κ2) is 14.5. The molecular weight excluding hydrogens is 502 g/mol. The van der Waals surface area contributed by atoms with Gasteiger partial charge >= 0.3 is 0 Å². The van der Waals surface area contributed by atoms with Crippen LogP contribution in [0.5, 0.6) is 11.5 Å². The molecule has 0 bridgehead atoms. The summed E-state index contributed by atoms with van der Waals surface area (Å²) in [5.41, 5.74) is 0. The highest BCUT2D eigenvalue weighted by molar-refractivity contribution is 5.35. The molecular formula is C36H54F2O2. The molecule has 0 N–H and O–H groups in total. The Morgan fingerprint density at radius 1 is 0.625 bits per heavy atom. The van der Waals surface area contributed by atoms with E-state index in [1.54, 1.807) is 6.92 Å². The molecule has 2 nitrogen and oxygen atoms in total. The van der Waals surface area contributed by atoms with Crippen LogP contribution in [-0.2, 0) is 0 Å². The standard InChI is InChI=1S/C36H54F2O2/c1-3-5-26-10-18-32-23-27(11-19-31(32)22-26)7-6-25-8-14-29(15-9-25)30-16-12-28(13-17-30)24-40-34-21-20-33(39-4-2)35(37)36(34)38/h6-7,20-21,25-32H,3-5,8-19,22-24H2,1-2H3. The maximum absolute atomic E-state index is 14.4. The van der Waals surface area contributed by atoms with E-state index in [4.69, 9.17) is 9.47 Å². The van der Waals surface area contributed by atoms with Crippen LogP contribution in [0.2, 0.25) is 0 Å². The highest BCUT2D eigenvalue weighted by atomic mass is 19.2. The summed E-state index contributed by atoms with van der Waals surface area (Å²) >= 11 is 0. The van der Waals surface area contributed by atoms with Crippen LogP contribution in [0.1, 0.15) is 117 Å². The zero-order valence-corrected chi connectivity index (χ0v) is 25.2. The van der Waals surface area contributed by atoms with Crippen molar-refractivity contribution < 1.29 is 18.3 Å². The monoisotopic (exact) mass is 556 g/mol. The number of benzene rings is 1. The van der Waals surface area contributed by atoms with Crippen LogP contribution in [0.4, 0.5) is 8.78 Å². The molecule has 4 heteroatoms. The van der Waals surface area contributed by atoms with Crippen molar-refractivity contribution in [2.75, 3.05) is 13.2 Å². The van der Waals surface area contributed by atoms with Gasteiger partial charge in [0, 0.05) is 0 Å². The second-order valence-electron chi connectivity index (χ2n) is 13.8. The van der Waals surface area contributed by atoms with Crippen LogP contribution in [0.25, 0.3) is 0 Å². The first kappa shape index (κ1) is 29.9. The van der Waals surface area contributed by atoms with E-state index in [9.17, 15) is 8.78 Å². The summed E-state index contributed by atoms with van der Waals surface area (Å²) in [5, 5.41) is 0. The van der Waals surface area contributed by atoms with Gasteiger partial charge in [0.05, 0.1) is 13.2 Å². The zero-order chi connectivity index (χ0) is 27.9. The summed E-state index contributed by atoms with van der Waals surface area (Å²) in [6.07, 6.45) is 27.2. The fourth-order valence-electron chi connectivity index (χ4n) is 8.92. The molecule has 1 aromatic rings. The van der Waals surface area contributed by atoms with Gasteiger partial charge in [-0.3, -0.25) is 0 Å².